The third-order valence-electron chi connectivity index (χ3n) is 3.85. The molecule has 1 saturated heterocycles. The summed E-state index contributed by atoms with van der Waals surface area (Å²) in [5.74, 6) is 1.75. The van der Waals surface area contributed by atoms with Crippen LogP contribution < -0.4 is 10.6 Å². The Hall–Kier alpha value is -0.830. The smallest absolute Gasteiger partial charge is 0.191 e. The van der Waals surface area contributed by atoms with Crippen LogP contribution in [-0.4, -0.2) is 37.9 Å². The van der Waals surface area contributed by atoms with Gasteiger partial charge in [-0.3, -0.25) is 4.99 Å². The SMILES string of the molecule is CCc1noc(CC)c1CNC(=NC)NCC1(C)COC1.I. The van der Waals surface area contributed by atoms with Crippen LogP contribution in [0.4, 0.5) is 0 Å². The summed E-state index contributed by atoms with van der Waals surface area (Å²) in [7, 11) is 1.78. The van der Waals surface area contributed by atoms with Gasteiger partial charge in [-0.15, -0.1) is 24.0 Å². The van der Waals surface area contributed by atoms with Crippen LogP contribution in [0.15, 0.2) is 9.52 Å². The molecular weight excluding hydrogens is 395 g/mol. The van der Waals surface area contributed by atoms with Crippen molar-refractivity contribution in [2.75, 3.05) is 26.8 Å². The van der Waals surface area contributed by atoms with Gasteiger partial charge in [0.25, 0.3) is 0 Å². The first-order valence-corrected chi connectivity index (χ1v) is 7.60. The predicted octanol–water partition coefficient (Wildman–Crippen LogP) is 2.12. The van der Waals surface area contributed by atoms with E-state index in [0.29, 0.717) is 6.54 Å². The van der Waals surface area contributed by atoms with E-state index in [2.05, 4.69) is 41.6 Å². The zero-order chi connectivity index (χ0) is 15.3. The summed E-state index contributed by atoms with van der Waals surface area (Å²) in [6.07, 6.45) is 1.73. The molecule has 1 aromatic heterocycles. The number of rotatable bonds is 6. The zero-order valence-electron chi connectivity index (χ0n) is 13.9. The number of nitrogens with one attached hydrogen (secondary N) is 2. The molecule has 1 fully saturated rings. The molecule has 2 N–H and O–H groups in total. The number of hydrogen-bond donors (Lipinski definition) is 2. The highest BCUT2D eigenvalue weighted by molar-refractivity contribution is 14.0. The molecule has 1 aliphatic heterocycles. The van der Waals surface area contributed by atoms with Gasteiger partial charge in [-0.05, 0) is 6.42 Å². The Labute approximate surface area is 149 Å². The molecule has 22 heavy (non-hydrogen) atoms. The third kappa shape index (κ3) is 4.58. The van der Waals surface area contributed by atoms with E-state index in [0.717, 1.165) is 55.6 Å². The number of ether oxygens (including phenoxy) is 1. The van der Waals surface area contributed by atoms with Crippen molar-refractivity contribution in [3.63, 3.8) is 0 Å². The molecule has 126 valence electrons. The quantitative estimate of drug-likeness (QED) is 0.418. The van der Waals surface area contributed by atoms with Crippen molar-refractivity contribution in [2.45, 2.75) is 40.2 Å². The van der Waals surface area contributed by atoms with E-state index in [1.807, 2.05) is 0 Å². The number of aliphatic imine (C=N–C) groups is 1. The molecule has 1 aromatic rings. The van der Waals surface area contributed by atoms with Crippen LogP contribution in [0.1, 0.15) is 37.8 Å². The first-order valence-electron chi connectivity index (χ1n) is 7.60. The number of aryl methyl sites for hydroxylation is 2. The fourth-order valence-electron chi connectivity index (χ4n) is 2.38. The van der Waals surface area contributed by atoms with Crippen molar-refractivity contribution < 1.29 is 9.26 Å². The summed E-state index contributed by atoms with van der Waals surface area (Å²) >= 11 is 0. The monoisotopic (exact) mass is 422 g/mol. The Morgan fingerprint density at radius 1 is 1.27 bits per heavy atom. The number of nitrogens with zero attached hydrogens (tertiary/aromatic N) is 2. The van der Waals surface area contributed by atoms with Gasteiger partial charge >= 0.3 is 0 Å². The molecule has 6 nitrogen and oxygen atoms in total. The minimum atomic E-state index is 0. The van der Waals surface area contributed by atoms with Gasteiger partial charge in [0.1, 0.15) is 5.76 Å². The van der Waals surface area contributed by atoms with E-state index in [1.165, 1.54) is 0 Å². The summed E-state index contributed by atoms with van der Waals surface area (Å²) in [6, 6.07) is 0. The minimum Gasteiger partial charge on any atom is -0.380 e. The van der Waals surface area contributed by atoms with Gasteiger partial charge in [-0.2, -0.15) is 0 Å². The van der Waals surface area contributed by atoms with Crippen LogP contribution in [0.3, 0.4) is 0 Å². The van der Waals surface area contributed by atoms with Gasteiger partial charge in [0, 0.05) is 37.5 Å². The molecule has 2 heterocycles. The standard InChI is InChI=1S/C15H26N4O2.HI/c1-5-12-11(13(6-2)21-19-12)7-17-14(16-4)18-8-15(3)9-20-10-15;/h5-10H2,1-4H3,(H2,16,17,18);1H. The fourth-order valence-corrected chi connectivity index (χ4v) is 2.38. The molecule has 0 amide bonds. The molecule has 0 aromatic carbocycles. The lowest BCUT2D eigenvalue weighted by Crippen LogP contribution is -2.50. The lowest BCUT2D eigenvalue weighted by atomic mass is 9.89. The van der Waals surface area contributed by atoms with Gasteiger partial charge in [0.05, 0.1) is 18.9 Å². The highest BCUT2D eigenvalue weighted by Gasteiger charge is 2.33. The molecule has 0 aliphatic carbocycles. The molecule has 0 bridgehead atoms. The minimum absolute atomic E-state index is 0. The Bertz CT molecular complexity index is 476. The highest BCUT2D eigenvalue weighted by Crippen LogP contribution is 2.25. The zero-order valence-corrected chi connectivity index (χ0v) is 16.2. The second-order valence-electron chi connectivity index (χ2n) is 5.82. The average molecular weight is 422 g/mol. The van der Waals surface area contributed by atoms with Crippen LogP contribution in [0.5, 0.6) is 0 Å². The first-order chi connectivity index (χ1) is 10.1. The van der Waals surface area contributed by atoms with Gasteiger partial charge in [-0.1, -0.05) is 25.9 Å². The topological polar surface area (TPSA) is 71.7 Å². The van der Waals surface area contributed by atoms with Crippen molar-refractivity contribution in [2.24, 2.45) is 10.4 Å². The molecule has 0 unspecified atom stereocenters. The summed E-state index contributed by atoms with van der Waals surface area (Å²) in [5.41, 5.74) is 2.40. The van der Waals surface area contributed by atoms with Crippen LogP contribution in [0, 0.1) is 5.41 Å². The van der Waals surface area contributed by atoms with Crippen LogP contribution in [-0.2, 0) is 24.1 Å². The van der Waals surface area contributed by atoms with Crippen molar-refractivity contribution >= 4 is 29.9 Å². The Kier molecular flexibility index (Phi) is 7.61. The Morgan fingerprint density at radius 3 is 2.50 bits per heavy atom. The number of hydrogen-bond acceptors (Lipinski definition) is 4. The number of guanidine groups is 1. The van der Waals surface area contributed by atoms with Gasteiger partial charge in [0.15, 0.2) is 5.96 Å². The third-order valence-corrected chi connectivity index (χ3v) is 3.85. The number of halogens is 1. The fraction of sp³-hybridized carbons (Fsp3) is 0.733. The summed E-state index contributed by atoms with van der Waals surface area (Å²) in [6.45, 7) is 9.53. The van der Waals surface area contributed by atoms with E-state index in [-0.39, 0.29) is 29.4 Å². The molecule has 7 heteroatoms. The molecule has 0 radical (unpaired) electrons. The molecule has 1 aliphatic rings. The van der Waals surface area contributed by atoms with E-state index in [9.17, 15) is 0 Å². The van der Waals surface area contributed by atoms with E-state index in [4.69, 9.17) is 9.26 Å². The average Bonchev–Trinajstić information content (AvgIpc) is 2.87. The molecule has 0 atom stereocenters. The molecule has 0 saturated carbocycles. The maximum Gasteiger partial charge on any atom is 0.191 e. The van der Waals surface area contributed by atoms with Gasteiger partial charge in [-0.25, -0.2) is 0 Å². The first kappa shape index (κ1) is 19.2. The predicted molar refractivity (Wildman–Crippen MR) is 97.8 cm³/mol. The van der Waals surface area contributed by atoms with Crippen LogP contribution in [0.25, 0.3) is 0 Å². The number of aromatic nitrogens is 1. The highest BCUT2D eigenvalue weighted by atomic mass is 127. The summed E-state index contributed by atoms with van der Waals surface area (Å²) in [4.78, 5) is 4.26. The summed E-state index contributed by atoms with van der Waals surface area (Å²) < 4.78 is 10.6. The molecule has 0 spiro atoms. The van der Waals surface area contributed by atoms with Crippen LogP contribution >= 0.6 is 24.0 Å². The molecular formula is C15H27IN4O2. The van der Waals surface area contributed by atoms with Crippen LogP contribution in [0.2, 0.25) is 0 Å². The van der Waals surface area contributed by atoms with Gasteiger partial charge in [0.2, 0.25) is 0 Å². The maximum atomic E-state index is 5.38. The lowest BCUT2D eigenvalue weighted by molar-refractivity contribution is -0.0971. The Balaban J connectivity index is 0.00000242. The van der Waals surface area contributed by atoms with E-state index >= 15 is 0 Å². The van der Waals surface area contributed by atoms with E-state index < -0.39 is 0 Å². The van der Waals surface area contributed by atoms with E-state index in [1.54, 1.807) is 7.05 Å². The van der Waals surface area contributed by atoms with Crippen molar-refractivity contribution in [3.05, 3.63) is 17.0 Å². The molecule has 2 rings (SSSR count). The Morgan fingerprint density at radius 2 is 2.00 bits per heavy atom. The van der Waals surface area contributed by atoms with Crippen molar-refractivity contribution in [1.82, 2.24) is 15.8 Å². The maximum absolute atomic E-state index is 5.38. The lowest BCUT2D eigenvalue weighted by Gasteiger charge is -2.38. The second-order valence-corrected chi connectivity index (χ2v) is 5.82. The summed E-state index contributed by atoms with van der Waals surface area (Å²) in [5, 5.41) is 10.8. The van der Waals surface area contributed by atoms with Gasteiger partial charge < -0.3 is 19.9 Å². The second kappa shape index (κ2) is 8.71. The van der Waals surface area contributed by atoms with Crippen molar-refractivity contribution in [3.8, 4) is 0 Å². The largest absolute Gasteiger partial charge is 0.380 e. The van der Waals surface area contributed by atoms with Crippen molar-refractivity contribution in [1.29, 1.82) is 0 Å². The normalized spacial score (nSPS) is 16.6.